The lowest BCUT2D eigenvalue weighted by Gasteiger charge is -2.10. The minimum Gasteiger partial charge on any atom is -0.330 e. The molecule has 0 spiro atoms. The third-order valence-corrected chi connectivity index (χ3v) is 2.25. The second kappa shape index (κ2) is 5.37. The first kappa shape index (κ1) is 13.8. The molecule has 94 valence electrons. The average molecular weight is 267 g/mol. The van der Waals surface area contributed by atoms with E-state index in [1.54, 1.807) is 0 Å². The second-order valence-electron chi connectivity index (χ2n) is 3.28. The second-order valence-corrected chi connectivity index (χ2v) is 3.69. The van der Waals surface area contributed by atoms with Crippen LogP contribution in [0, 0.1) is 0 Å². The van der Waals surface area contributed by atoms with Crippen molar-refractivity contribution in [2.45, 2.75) is 12.6 Å². The van der Waals surface area contributed by atoms with Crippen molar-refractivity contribution < 1.29 is 18.0 Å². The first-order chi connectivity index (χ1) is 7.84. The number of carbonyl (C=O) groups excluding carboxylic acids is 1. The van der Waals surface area contributed by atoms with Crippen LogP contribution < -0.4 is 11.1 Å². The molecule has 0 aromatic heterocycles. The van der Waals surface area contributed by atoms with Crippen LogP contribution in [0.15, 0.2) is 18.2 Å². The van der Waals surface area contributed by atoms with Crippen LogP contribution in [0.5, 0.6) is 0 Å². The van der Waals surface area contributed by atoms with Crippen LogP contribution in [0.3, 0.4) is 0 Å². The fraction of sp³-hybridized carbons (Fsp3) is 0.300. The highest BCUT2D eigenvalue weighted by Gasteiger charge is 2.30. The van der Waals surface area contributed by atoms with Gasteiger partial charge in [-0.1, -0.05) is 11.6 Å². The topological polar surface area (TPSA) is 55.1 Å². The lowest BCUT2D eigenvalue weighted by Crippen LogP contribution is -2.16. The van der Waals surface area contributed by atoms with E-state index in [-0.39, 0.29) is 23.7 Å². The minimum absolute atomic E-state index is 0.0807. The van der Waals surface area contributed by atoms with E-state index >= 15 is 0 Å². The van der Waals surface area contributed by atoms with E-state index in [4.69, 9.17) is 17.3 Å². The Morgan fingerprint density at radius 1 is 1.41 bits per heavy atom. The fourth-order valence-corrected chi connectivity index (χ4v) is 1.36. The van der Waals surface area contributed by atoms with E-state index in [0.717, 1.165) is 18.2 Å². The van der Waals surface area contributed by atoms with Gasteiger partial charge in [-0.2, -0.15) is 13.2 Å². The van der Waals surface area contributed by atoms with Crippen molar-refractivity contribution in [3.63, 3.8) is 0 Å². The monoisotopic (exact) mass is 266 g/mol. The zero-order valence-electron chi connectivity index (χ0n) is 8.64. The number of amides is 1. The largest absolute Gasteiger partial charge is 0.416 e. The summed E-state index contributed by atoms with van der Waals surface area (Å²) in [6.07, 6.45) is -4.37. The lowest BCUT2D eigenvalue weighted by molar-refractivity contribution is -0.137. The van der Waals surface area contributed by atoms with Gasteiger partial charge in [0.1, 0.15) is 0 Å². The number of nitrogens with one attached hydrogen (secondary N) is 1. The van der Waals surface area contributed by atoms with Crippen LogP contribution in [0.25, 0.3) is 0 Å². The predicted octanol–water partition coefficient (Wildman–Crippen LogP) is 2.65. The summed E-state index contributed by atoms with van der Waals surface area (Å²) in [6.45, 7) is 0.157. The number of anilines is 1. The number of alkyl halides is 3. The number of halogens is 4. The first-order valence-corrected chi connectivity index (χ1v) is 5.09. The zero-order valence-corrected chi connectivity index (χ0v) is 9.40. The molecule has 1 aromatic rings. The molecule has 7 heteroatoms. The van der Waals surface area contributed by atoms with Crippen molar-refractivity contribution in [3.8, 4) is 0 Å². The summed E-state index contributed by atoms with van der Waals surface area (Å²) in [6, 6.07) is 2.73. The molecule has 0 aliphatic rings. The number of hydrogen-bond donors (Lipinski definition) is 2. The molecule has 0 heterocycles. The molecule has 0 fully saturated rings. The Labute approximate surface area is 101 Å². The third-order valence-electron chi connectivity index (χ3n) is 1.94. The lowest BCUT2D eigenvalue weighted by atomic mass is 10.2. The molecule has 3 nitrogen and oxygen atoms in total. The number of nitrogens with two attached hydrogens (primary N) is 1. The van der Waals surface area contributed by atoms with Gasteiger partial charge in [0.2, 0.25) is 5.91 Å². The molecule has 0 aliphatic carbocycles. The number of benzene rings is 1. The van der Waals surface area contributed by atoms with Crippen LogP contribution >= 0.6 is 11.6 Å². The number of hydrogen-bond acceptors (Lipinski definition) is 2. The van der Waals surface area contributed by atoms with Crippen LogP contribution in [0.2, 0.25) is 5.02 Å². The highest BCUT2D eigenvalue weighted by molar-refractivity contribution is 6.33. The first-order valence-electron chi connectivity index (χ1n) is 4.71. The van der Waals surface area contributed by atoms with Gasteiger partial charge in [0.25, 0.3) is 0 Å². The van der Waals surface area contributed by atoms with Gasteiger partial charge in [0.15, 0.2) is 0 Å². The van der Waals surface area contributed by atoms with Crippen LogP contribution in [0.1, 0.15) is 12.0 Å². The predicted molar refractivity (Wildman–Crippen MR) is 58.8 cm³/mol. The molecule has 0 radical (unpaired) electrons. The standard InChI is InChI=1S/C10H10ClF3N2O/c11-7-5-6(10(12,13)14)1-2-8(7)16-9(17)3-4-15/h1-2,5H,3-4,15H2,(H,16,17). The summed E-state index contributed by atoms with van der Waals surface area (Å²) >= 11 is 5.63. The molecule has 17 heavy (non-hydrogen) atoms. The van der Waals surface area contributed by atoms with Crippen LogP contribution in [-0.4, -0.2) is 12.5 Å². The quantitative estimate of drug-likeness (QED) is 0.884. The Morgan fingerprint density at radius 3 is 2.53 bits per heavy atom. The summed E-state index contributed by atoms with van der Waals surface area (Å²) in [7, 11) is 0. The summed E-state index contributed by atoms with van der Waals surface area (Å²) in [5, 5.41) is 2.21. The van der Waals surface area contributed by atoms with Gasteiger partial charge in [0.05, 0.1) is 16.3 Å². The van der Waals surface area contributed by atoms with E-state index < -0.39 is 17.6 Å². The van der Waals surface area contributed by atoms with Gasteiger partial charge in [0, 0.05) is 13.0 Å². The van der Waals surface area contributed by atoms with Gasteiger partial charge in [-0.25, -0.2) is 0 Å². The zero-order chi connectivity index (χ0) is 13.1. The van der Waals surface area contributed by atoms with Gasteiger partial charge in [-0.3, -0.25) is 4.79 Å². The summed E-state index contributed by atoms with van der Waals surface area (Å²) < 4.78 is 37.0. The molecular formula is C10H10ClF3N2O. The number of rotatable bonds is 3. The highest BCUT2D eigenvalue weighted by Crippen LogP contribution is 2.33. The van der Waals surface area contributed by atoms with E-state index in [0.29, 0.717) is 0 Å². The molecule has 0 aliphatic heterocycles. The Balaban J connectivity index is 2.87. The molecule has 0 atom stereocenters. The Morgan fingerprint density at radius 2 is 2.06 bits per heavy atom. The van der Waals surface area contributed by atoms with Gasteiger partial charge < -0.3 is 11.1 Å². The maximum atomic E-state index is 12.3. The smallest absolute Gasteiger partial charge is 0.330 e. The fourth-order valence-electron chi connectivity index (χ4n) is 1.14. The molecule has 1 aromatic carbocycles. The van der Waals surface area contributed by atoms with Crippen molar-refractivity contribution in [2.24, 2.45) is 5.73 Å². The normalized spacial score (nSPS) is 11.4. The third kappa shape index (κ3) is 3.90. The Hall–Kier alpha value is -1.27. The van der Waals surface area contributed by atoms with E-state index in [1.165, 1.54) is 0 Å². The Kier molecular flexibility index (Phi) is 4.36. The molecule has 0 saturated heterocycles. The summed E-state index contributed by atoms with van der Waals surface area (Å²) in [5.74, 6) is -0.394. The van der Waals surface area contributed by atoms with Crippen molar-refractivity contribution in [1.29, 1.82) is 0 Å². The molecule has 0 bridgehead atoms. The molecule has 0 unspecified atom stereocenters. The van der Waals surface area contributed by atoms with E-state index in [1.807, 2.05) is 0 Å². The van der Waals surface area contributed by atoms with E-state index in [2.05, 4.69) is 5.32 Å². The molecule has 1 amide bonds. The van der Waals surface area contributed by atoms with Crippen LogP contribution in [0.4, 0.5) is 18.9 Å². The van der Waals surface area contributed by atoms with Gasteiger partial charge in [-0.15, -0.1) is 0 Å². The SMILES string of the molecule is NCCC(=O)Nc1ccc(C(F)(F)F)cc1Cl. The molecular weight excluding hydrogens is 257 g/mol. The van der Waals surface area contributed by atoms with Crippen molar-refractivity contribution in [2.75, 3.05) is 11.9 Å². The highest BCUT2D eigenvalue weighted by atomic mass is 35.5. The van der Waals surface area contributed by atoms with E-state index in [9.17, 15) is 18.0 Å². The Bertz CT molecular complexity index is 421. The van der Waals surface area contributed by atoms with Crippen molar-refractivity contribution in [3.05, 3.63) is 28.8 Å². The van der Waals surface area contributed by atoms with Crippen molar-refractivity contribution >= 4 is 23.2 Å². The maximum Gasteiger partial charge on any atom is 0.416 e. The van der Waals surface area contributed by atoms with Gasteiger partial charge in [-0.05, 0) is 18.2 Å². The van der Waals surface area contributed by atoms with Gasteiger partial charge >= 0.3 is 6.18 Å². The maximum absolute atomic E-state index is 12.3. The average Bonchev–Trinajstić information content (AvgIpc) is 2.20. The molecule has 0 saturated carbocycles. The number of carbonyl (C=O) groups is 1. The van der Waals surface area contributed by atoms with Crippen LogP contribution in [-0.2, 0) is 11.0 Å². The summed E-state index contributed by atoms with van der Waals surface area (Å²) in [5.41, 5.74) is 4.44. The minimum atomic E-state index is -4.45. The van der Waals surface area contributed by atoms with Crippen molar-refractivity contribution in [1.82, 2.24) is 0 Å². The molecule has 1 rings (SSSR count). The summed E-state index contributed by atoms with van der Waals surface area (Å²) in [4.78, 5) is 11.2. The molecule has 3 N–H and O–H groups in total.